The van der Waals surface area contributed by atoms with Crippen molar-refractivity contribution >= 4 is 80.1 Å². The highest BCUT2D eigenvalue weighted by Gasteiger charge is 2.38. The van der Waals surface area contributed by atoms with Gasteiger partial charge in [-0.05, 0) is 222 Å². The lowest BCUT2D eigenvalue weighted by molar-refractivity contribution is -0.123. The molecule has 4 saturated carbocycles. The second kappa shape index (κ2) is 34.1. The van der Waals surface area contributed by atoms with E-state index in [1.54, 1.807) is 27.8 Å². The van der Waals surface area contributed by atoms with Gasteiger partial charge in [0.05, 0.1) is 77.6 Å². The van der Waals surface area contributed by atoms with E-state index in [-0.39, 0.29) is 67.4 Å². The molecule has 4 aromatic carbocycles. The van der Waals surface area contributed by atoms with Gasteiger partial charge < -0.3 is 43.1 Å². The van der Waals surface area contributed by atoms with E-state index >= 15 is 0 Å². The lowest BCUT2D eigenvalue weighted by Gasteiger charge is -2.34. The molecule has 8 aromatic rings. The number of imidazole rings is 3. The number of ether oxygens (including phenoxy) is 4. The molecule has 2 N–H and O–H groups in total. The monoisotopic (exact) mass is 1450 g/mol. The number of aliphatic hydroxyl groups excluding tert-OH is 1. The minimum Gasteiger partial charge on any atom is -0.452 e. The Morgan fingerprint density at radius 3 is 1.68 bits per heavy atom. The number of nitrogens with zero attached hydrogens (tertiary/aromatic N) is 11. The molecule has 7 heterocycles. The van der Waals surface area contributed by atoms with Gasteiger partial charge in [0.2, 0.25) is 5.91 Å². The second-order valence-electron chi connectivity index (χ2n) is 31.4. The number of aromatic nitrogens is 8. The van der Waals surface area contributed by atoms with Gasteiger partial charge in [-0.1, -0.05) is 56.0 Å². The number of methoxy groups -OCH3 is 4. The van der Waals surface area contributed by atoms with Crippen LogP contribution < -0.4 is 20.0 Å². The summed E-state index contributed by atoms with van der Waals surface area (Å²) < 4.78 is 29.8. The number of amides is 4. The molecule has 15 rings (SSSR count). The van der Waals surface area contributed by atoms with E-state index in [1.165, 1.54) is 70.1 Å². The number of fused-ring (bicyclic) bond motifs is 9. The number of nitrogens with one attached hydrogen (secondary N) is 1. The molecule has 7 aliphatic rings. The van der Waals surface area contributed by atoms with Crippen LogP contribution in [0, 0.1) is 23.7 Å². The maximum absolute atomic E-state index is 13.2. The zero-order chi connectivity index (χ0) is 74.3. The molecule has 0 bridgehead atoms. The second-order valence-corrected chi connectivity index (χ2v) is 31.4. The molecule has 22 heteroatoms. The predicted molar refractivity (Wildman–Crippen MR) is 413 cm³/mol. The molecule has 0 unspecified atom stereocenters. The predicted octanol–water partition coefficient (Wildman–Crippen LogP) is 15.7. The molecule has 4 fully saturated rings. The van der Waals surface area contributed by atoms with Gasteiger partial charge in [0.15, 0.2) is 0 Å². The summed E-state index contributed by atoms with van der Waals surface area (Å²) in [5.41, 5.74) is 13.5. The topological polar surface area (TPSA) is 236 Å². The van der Waals surface area contributed by atoms with Crippen molar-refractivity contribution < 1.29 is 48.0 Å². The number of benzene rings is 4. The van der Waals surface area contributed by atoms with E-state index in [0.29, 0.717) is 54.7 Å². The van der Waals surface area contributed by atoms with Crippen LogP contribution >= 0.6 is 0 Å². The number of Topliss-reactive ketones (excluding diaryl/α,β-unsaturated/α-hetero) is 1. The quantitative estimate of drug-likeness (QED) is 0.0856. The van der Waals surface area contributed by atoms with Crippen LogP contribution in [-0.4, -0.2) is 139 Å². The molecular formula is C84H112N12O10. The van der Waals surface area contributed by atoms with E-state index in [9.17, 15) is 29.1 Å². The van der Waals surface area contributed by atoms with Gasteiger partial charge >= 0.3 is 18.3 Å². The SMILES string of the molecule is COC(=O)N1c2ccc3c(nc(CC4CCC(OC)CC4)n3[C@@H]3CCC[C@@H](C(C)=O)C3)c2CC[C@@H]1C.COC(=O)N1c2ccc3c(nc(CCn4cccn4)n3CC(=O)NC3CCC(CO)CC3)c2CC[C@@H]1C.COC(=O)N1c2ccc3c(nc(Cc4ccccc4)n3[C@H](C)C3CCCCC3)c2CC[C@@H]1C. The summed E-state index contributed by atoms with van der Waals surface area (Å²) in [5.74, 6) is 5.15. The average molecular weight is 1450 g/mol. The van der Waals surface area contributed by atoms with Crippen molar-refractivity contribution in [1.29, 1.82) is 0 Å². The van der Waals surface area contributed by atoms with E-state index in [1.807, 2.05) is 47.7 Å². The van der Waals surface area contributed by atoms with Crippen molar-refractivity contribution in [3.05, 3.63) is 125 Å². The number of carbonyl (C=O) groups is 5. The van der Waals surface area contributed by atoms with Gasteiger partial charge in [0.1, 0.15) is 29.8 Å². The summed E-state index contributed by atoms with van der Waals surface area (Å²) in [6.07, 6.45) is 29.6. The molecule has 4 amide bonds. The molecule has 0 spiro atoms. The summed E-state index contributed by atoms with van der Waals surface area (Å²) in [6, 6.07) is 26.1. The Bertz CT molecular complexity index is 4370. The fourth-order valence-electron chi connectivity index (χ4n) is 18.8. The number of aryl methyl sites for hydroxylation is 5. The first-order chi connectivity index (χ1) is 51.5. The van der Waals surface area contributed by atoms with Gasteiger partial charge in [-0.3, -0.25) is 29.0 Å². The smallest absolute Gasteiger partial charge is 0.414 e. The van der Waals surface area contributed by atoms with Crippen LogP contribution in [0.15, 0.2) is 85.2 Å². The highest BCUT2D eigenvalue weighted by molar-refractivity contribution is 5.98. The maximum atomic E-state index is 13.2. The molecule has 0 radical (unpaired) electrons. The van der Waals surface area contributed by atoms with Crippen LogP contribution in [0.3, 0.4) is 0 Å². The highest BCUT2D eigenvalue weighted by atomic mass is 16.6. The van der Waals surface area contributed by atoms with E-state index < -0.39 is 0 Å². The Labute approximate surface area is 624 Å². The summed E-state index contributed by atoms with van der Waals surface area (Å²) in [6.45, 7) is 11.4. The molecular weight excluding hydrogens is 1340 g/mol. The minimum atomic E-state index is -0.374. The number of ketones is 1. The number of rotatable bonds is 16. The average Bonchev–Trinajstić information content (AvgIpc) is 1.57. The van der Waals surface area contributed by atoms with Crippen LogP contribution in [0.5, 0.6) is 0 Å². The standard InChI is InChI=1S/C29H41N3O4.C28H35N3O2.C27H36N6O4/c1-18-8-13-24-25(31(18)29(34)36-4)14-15-26-28(24)30-27(16-20-9-11-23(35-3)12-10-20)32(26)22-7-5-6-21(17-22)19(2)33;1-19-14-15-23-24(30(19)28(32)33-3)16-17-25-27(23)29-26(18-21-10-6-4-7-11-21)31(25)20(2)22-12-8-5-9-13-22;1-18-4-9-21-22(33(18)27(36)37-2)10-11-23-26(21)30-24(12-15-31-14-3-13-28-31)32(23)16-25(35)29-20-7-5-19(17-34)6-8-20/h14-15,18,20-23H,5-13,16-17H2,1-4H3;4,6-7,10-11,16-17,19-20,22H,5,8-9,12-15,18H2,1-3H3;3,10-11,13-14,18-20,34H,4-9,12,15-17H2,1-2H3,(H,29,35)/t18-,20?,21+,22+,23?;19-,20+;18-,19?,20?/m000/s1. The minimum absolute atomic E-state index is 0.0328. The first-order valence-corrected chi connectivity index (χ1v) is 39.6. The van der Waals surface area contributed by atoms with Crippen LogP contribution in [0.2, 0.25) is 0 Å². The summed E-state index contributed by atoms with van der Waals surface area (Å²) in [4.78, 5) is 84.2. The number of anilines is 3. The molecule has 4 aliphatic carbocycles. The third-order valence-corrected chi connectivity index (χ3v) is 24.8. The number of hydrogen-bond acceptors (Lipinski definition) is 14. The fourth-order valence-corrected chi connectivity index (χ4v) is 18.8. The molecule has 3 aliphatic heterocycles. The lowest BCUT2D eigenvalue weighted by Crippen LogP contribution is -2.42. The van der Waals surface area contributed by atoms with E-state index in [0.717, 1.165) is 202 Å². The fraction of sp³-hybridized carbons (Fsp3) is 0.583. The molecule has 4 aromatic heterocycles. The molecule has 22 nitrogen and oxygen atoms in total. The van der Waals surface area contributed by atoms with Crippen molar-refractivity contribution in [1.82, 2.24) is 43.8 Å². The molecule has 106 heavy (non-hydrogen) atoms. The summed E-state index contributed by atoms with van der Waals surface area (Å²) >= 11 is 0. The van der Waals surface area contributed by atoms with Crippen LogP contribution in [0.4, 0.5) is 31.4 Å². The van der Waals surface area contributed by atoms with E-state index in [2.05, 4.69) is 94.9 Å². The van der Waals surface area contributed by atoms with Crippen molar-refractivity contribution in [2.75, 3.05) is 49.7 Å². The summed E-state index contributed by atoms with van der Waals surface area (Å²) in [5, 5.41) is 16.9. The molecule has 0 saturated heterocycles. The third kappa shape index (κ3) is 16.1. The van der Waals surface area contributed by atoms with Crippen molar-refractivity contribution in [2.45, 2.75) is 257 Å². The van der Waals surface area contributed by atoms with Crippen LogP contribution in [0.25, 0.3) is 33.1 Å². The molecule has 6 atom stereocenters. The highest BCUT2D eigenvalue weighted by Crippen LogP contribution is 2.45. The van der Waals surface area contributed by atoms with Crippen molar-refractivity contribution in [3.8, 4) is 0 Å². The van der Waals surface area contributed by atoms with Gasteiger partial charge in [-0.2, -0.15) is 5.10 Å². The zero-order valence-corrected chi connectivity index (χ0v) is 64.0. The summed E-state index contributed by atoms with van der Waals surface area (Å²) in [7, 11) is 6.13. The largest absolute Gasteiger partial charge is 0.452 e. The Morgan fingerprint density at radius 1 is 0.575 bits per heavy atom. The third-order valence-electron chi connectivity index (χ3n) is 24.8. The van der Waals surface area contributed by atoms with Gasteiger partial charge in [0.25, 0.3) is 0 Å². The van der Waals surface area contributed by atoms with Crippen LogP contribution in [0.1, 0.15) is 215 Å². The van der Waals surface area contributed by atoms with Crippen LogP contribution in [-0.2, 0) is 80.2 Å². The normalized spacial score (nSPS) is 23.5. The number of hydrogen-bond donors (Lipinski definition) is 2. The molecule has 568 valence electrons. The first kappa shape index (κ1) is 75.6. The van der Waals surface area contributed by atoms with Gasteiger partial charge in [-0.25, -0.2) is 29.3 Å². The van der Waals surface area contributed by atoms with Crippen molar-refractivity contribution in [3.63, 3.8) is 0 Å². The number of carbonyl (C=O) groups excluding carboxylic acids is 5. The Kier molecular flexibility index (Phi) is 24.3. The van der Waals surface area contributed by atoms with Gasteiger partial charge in [0, 0.05) is 111 Å². The number of aliphatic hydroxyl groups is 1. The Hall–Kier alpha value is -8.63. The maximum Gasteiger partial charge on any atom is 0.414 e. The van der Waals surface area contributed by atoms with E-state index in [4.69, 9.17) is 33.9 Å². The Morgan fingerprint density at radius 2 is 1.12 bits per heavy atom. The zero-order valence-electron chi connectivity index (χ0n) is 64.0. The van der Waals surface area contributed by atoms with Crippen molar-refractivity contribution in [2.24, 2.45) is 23.7 Å². The van der Waals surface area contributed by atoms with Gasteiger partial charge in [-0.15, -0.1) is 0 Å². The Balaban J connectivity index is 0.000000141. The first-order valence-electron chi connectivity index (χ1n) is 39.6. The lowest BCUT2D eigenvalue weighted by atomic mass is 9.82.